The lowest BCUT2D eigenvalue weighted by Crippen LogP contribution is -2.50. The lowest BCUT2D eigenvalue weighted by atomic mass is 9.78. The van der Waals surface area contributed by atoms with Crippen molar-refractivity contribution >= 4 is 27.5 Å². The summed E-state index contributed by atoms with van der Waals surface area (Å²) in [7, 11) is 0. The molecule has 1 fully saturated rings. The van der Waals surface area contributed by atoms with Gasteiger partial charge in [0.25, 0.3) is 11.6 Å². The van der Waals surface area contributed by atoms with Gasteiger partial charge in [0.1, 0.15) is 0 Å². The number of nitrogens with one attached hydrogen (secondary N) is 1. The zero-order chi connectivity index (χ0) is 13.3. The molecule has 18 heavy (non-hydrogen) atoms. The van der Waals surface area contributed by atoms with Gasteiger partial charge in [0.05, 0.1) is 9.40 Å². The molecule has 1 aliphatic carbocycles. The molecule has 1 N–H and O–H groups in total. The monoisotopic (exact) mass is 312 g/mol. The van der Waals surface area contributed by atoms with Gasteiger partial charge in [-0.25, -0.2) is 0 Å². The largest absolute Gasteiger partial charge is 0.347 e. The highest BCUT2D eigenvalue weighted by molar-refractivity contribution is 9.10. The molecule has 1 aromatic rings. The highest BCUT2D eigenvalue weighted by Gasteiger charge is 2.33. The van der Waals surface area contributed by atoms with Crippen molar-refractivity contribution in [2.75, 3.05) is 0 Å². The van der Waals surface area contributed by atoms with E-state index in [1.807, 2.05) is 6.92 Å². The Bertz CT molecular complexity index is 512. The molecule has 0 aromatic heterocycles. The van der Waals surface area contributed by atoms with E-state index in [2.05, 4.69) is 21.2 Å². The second-order valence-corrected chi connectivity index (χ2v) is 5.65. The average molecular weight is 313 g/mol. The summed E-state index contributed by atoms with van der Waals surface area (Å²) in [4.78, 5) is 22.3. The van der Waals surface area contributed by atoms with Crippen LogP contribution in [0.4, 0.5) is 5.69 Å². The van der Waals surface area contributed by atoms with E-state index in [0.29, 0.717) is 10.0 Å². The summed E-state index contributed by atoms with van der Waals surface area (Å²) < 4.78 is 0.374. The van der Waals surface area contributed by atoms with Crippen molar-refractivity contribution in [1.82, 2.24) is 5.32 Å². The van der Waals surface area contributed by atoms with Gasteiger partial charge in [0, 0.05) is 17.2 Å². The van der Waals surface area contributed by atoms with Crippen molar-refractivity contribution in [3.05, 3.63) is 38.3 Å². The third-order valence-electron chi connectivity index (χ3n) is 3.28. The fraction of sp³-hybridized carbons (Fsp3) is 0.417. The summed E-state index contributed by atoms with van der Waals surface area (Å²) in [6.45, 7) is 1.99. The second-order valence-electron chi connectivity index (χ2n) is 4.79. The molecular weight excluding hydrogens is 300 g/mol. The maximum absolute atomic E-state index is 12.0. The minimum absolute atomic E-state index is 0.0959. The van der Waals surface area contributed by atoms with Crippen LogP contribution in [0.2, 0.25) is 0 Å². The molecule has 6 heteroatoms. The van der Waals surface area contributed by atoms with Crippen molar-refractivity contribution in [2.24, 2.45) is 0 Å². The molecular formula is C12H13BrN2O3. The number of hydrogen-bond acceptors (Lipinski definition) is 3. The molecule has 1 aromatic carbocycles. The quantitative estimate of drug-likeness (QED) is 0.688. The second kappa shape index (κ2) is 4.68. The van der Waals surface area contributed by atoms with E-state index in [4.69, 9.17) is 0 Å². The van der Waals surface area contributed by atoms with Crippen LogP contribution in [0.5, 0.6) is 0 Å². The van der Waals surface area contributed by atoms with E-state index < -0.39 is 4.92 Å². The lowest BCUT2D eigenvalue weighted by molar-refractivity contribution is -0.385. The summed E-state index contributed by atoms with van der Waals surface area (Å²) in [6.07, 6.45) is 3.02. The fourth-order valence-corrected chi connectivity index (χ4v) is 2.36. The third kappa shape index (κ3) is 2.53. The number of amides is 1. The van der Waals surface area contributed by atoms with E-state index in [1.54, 1.807) is 6.07 Å². The number of carbonyl (C=O) groups excluding carboxylic acids is 1. The Balaban J connectivity index is 2.20. The molecule has 0 bridgehead atoms. The van der Waals surface area contributed by atoms with Gasteiger partial charge in [-0.2, -0.15) is 0 Å². The third-order valence-corrected chi connectivity index (χ3v) is 3.95. The molecule has 0 spiro atoms. The van der Waals surface area contributed by atoms with Crippen molar-refractivity contribution in [2.45, 2.75) is 31.7 Å². The first-order valence-corrected chi connectivity index (χ1v) is 6.47. The first-order chi connectivity index (χ1) is 8.41. The minimum Gasteiger partial charge on any atom is -0.347 e. The maximum atomic E-state index is 12.0. The summed E-state index contributed by atoms with van der Waals surface area (Å²) in [6, 6.07) is 4.39. The zero-order valence-electron chi connectivity index (χ0n) is 9.90. The van der Waals surface area contributed by atoms with Crippen LogP contribution < -0.4 is 5.32 Å². The summed E-state index contributed by atoms with van der Waals surface area (Å²) in [5.41, 5.74) is 0.0679. The Morgan fingerprint density at radius 2 is 2.17 bits per heavy atom. The van der Waals surface area contributed by atoms with Crippen LogP contribution in [0.3, 0.4) is 0 Å². The minimum atomic E-state index is -0.508. The Morgan fingerprint density at radius 3 is 2.67 bits per heavy atom. The summed E-state index contributed by atoms with van der Waals surface area (Å²) in [5.74, 6) is -0.257. The van der Waals surface area contributed by atoms with Crippen LogP contribution in [0.25, 0.3) is 0 Å². The highest BCUT2D eigenvalue weighted by Crippen LogP contribution is 2.32. The molecule has 96 valence electrons. The fourth-order valence-electron chi connectivity index (χ4n) is 1.97. The van der Waals surface area contributed by atoms with Crippen LogP contribution >= 0.6 is 15.9 Å². The molecule has 0 radical (unpaired) electrons. The standard InChI is InChI=1S/C12H13BrN2O3/c1-12(5-2-6-12)14-11(16)8-3-4-9(13)10(7-8)15(17)18/h3-4,7H,2,5-6H2,1H3,(H,14,16). The molecule has 1 aliphatic rings. The van der Waals surface area contributed by atoms with Gasteiger partial charge < -0.3 is 5.32 Å². The number of hydrogen-bond donors (Lipinski definition) is 1. The van der Waals surface area contributed by atoms with Crippen LogP contribution in [0.15, 0.2) is 22.7 Å². The predicted octanol–water partition coefficient (Wildman–Crippen LogP) is 3.03. The van der Waals surface area contributed by atoms with E-state index in [-0.39, 0.29) is 17.1 Å². The Morgan fingerprint density at radius 1 is 1.50 bits per heavy atom. The van der Waals surface area contributed by atoms with Gasteiger partial charge in [0.15, 0.2) is 0 Å². The lowest BCUT2D eigenvalue weighted by Gasteiger charge is -2.39. The van der Waals surface area contributed by atoms with Gasteiger partial charge in [-0.05, 0) is 54.2 Å². The Kier molecular flexibility index (Phi) is 3.38. The van der Waals surface area contributed by atoms with Gasteiger partial charge in [-0.15, -0.1) is 0 Å². The molecule has 1 amide bonds. The van der Waals surface area contributed by atoms with E-state index in [1.165, 1.54) is 12.1 Å². The first kappa shape index (κ1) is 13.0. The molecule has 0 unspecified atom stereocenters. The number of benzene rings is 1. The van der Waals surface area contributed by atoms with E-state index >= 15 is 0 Å². The van der Waals surface area contributed by atoms with Crippen LogP contribution in [0, 0.1) is 10.1 Å². The van der Waals surface area contributed by atoms with Crippen LogP contribution in [-0.2, 0) is 0 Å². The number of nitro benzene ring substituents is 1. The van der Waals surface area contributed by atoms with Crippen molar-refractivity contribution in [3.8, 4) is 0 Å². The number of carbonyl (C=O) groups is 1. The van der Waals surface area contributed by atoms with Crippen molar-refractivity contribution in [3.63, 3.8) is 0 Å². The zero-order valence-corrected chi connectivity index (χ0v) is 11.5. The number of nitro groups is 1. The topological polar surface area (TPSA) is 72.2 Å². The first-order valence-electron chi connectivity index (χ1n) is 5.68. The Labute approximate surface area is 113 Å². The smallest absolute Gasteiger partial charge is 0.284 e. The molecule has 0 aliphatic heterocycles. The SMILES string of the molecule is CC1(NC(=O)c2ccc(Br)c([N+](=O)[O-])c2)CCC1. The number of rotatable bonds is 3. The molecule has 2 rings (SSSR count). The normalized spacial score (nSPS) is 16.8. The Hall–Kier alpha value is -1.43. The molecule has 0 atom stereocenters. The number of nitrogens with zero attached hydrogens (tertiary/aromatic N) is 1. The van der Waals surface area contributed by atoms with Gasteiger partial charge in [0.2, 0.25) is 0 Å². The summed E-state index contributed by atoms with van der Waals surface area (Å²) >= 11 is 3.09. The van der Waals surface area contributed by atoms with Crippen molar-refractivity contribution < 1.29 is 9.72 Å². The summed E-state index contributed by atoms with van der Waals surface area (Å²) in [5, 5.41) is 13.7. The molecule has 5 nitrogen and oxygen atoms in total. The van der Waals surface area contributed by atoms with Crippen molar-refractivity contribution in [1.29, 1.82) is 0 Å². The molecule has 1 saturated carbocycles. The van der Waals surface area contributed by atoms with Crippen LogP contribution in [0.1, 0.15) is 36.5 Å². The average Bonchev–Trinajstić information content (AvgIpc) is 2.27. The number of halogens is 1. The van der Waals surface area contributed by atoms with Gasteiger partial charge >= 0.3 is 0 Å². The van der Waals surface area contributed by atoms with Gasteiger partial charge in [-0.1, -0.05) is 0 Å². The highest BCUT2D eigenvalue weighted by atomic mass is 79.9. The maximum Gasteiger partial charge on any atom is 0.284 e. The molecule has 0 heterocycles. The van der Waals surface area contributed by atoms with E-state index in [0.717, 1.165) is 19.3 Å². The molecule has 0 saturated heterocycles. The van der Waals surface area contributed by atoms with Crippen LogP contribution in [-0.4, -0.2) is 16.4 Å². The predicted molar refractivity (Wildman–Crippen MR) is 70.5 cm³/mol. The van der Waals surface area contributed by atoms with Gasteiger partial charge in [-0.3, -0.25) is 14.9 Å². The van der Waals surface area contributed by atoms with E-state index in [9.17, 15) is 14.9 Å².